The van der Waals surface area contributed by atoms with E-state index in [2.05, 4.69) is 9.97 Å². The molecule has 0 saturated carbocycles. The monoisotopic (exact) mass is 238 g/mol. The Kier molecular flexibility index (Phi) is 3.23. The van der Waals surface area contributed by atoms with Crippen molar-refractivity contribution in [2.75, 3.05) is 6.26 Å². The molecule has 3 nitrogen and oxygen atoms in total. The second kappa shape index (κ2) is 4.63. The van der Waals surface area contributed by atoms with Gasteiger partial charge in [0, 0.05) is 23.1 Å². The Labute approximate surface area is 95.6 Å². The molecule has 0 bridgehead atoms. The molecule has 0 aliphatic rings. The molecule has 0 unspecified atom stereocenters. The number of aromatic nitrogens is 2. The normalized spacial score (nSPS) is 10.5. The Morgan fingerprint density at radius 2 is 2.47 bits per heavy atom. The third-order valence-electron chi connectivity index (χ3n) is 1.99. The first kappa shape index (κ1) is 10.4. The Balaban J connectivity index is 2.26. The molecule has 0 atom stereocenters. The van der Waals surface area contributed by atoms with Crippen LogP contribution in [0.3, 0.4) is 0 Å². The molecule has 5 heteroatoms. The summed E-state index contributed by atoms with van der Waals surface area (Å²) in [6.07, 6.45) is 4.20. The molecule has 78 valence electrons. The zero-order valence-corrected chi connectivity index (χ0v) is 9.82. The van der Waals surface area contributed by atoms with Crippen molar-refractivity contribution in [1.29, 1.82) is 0 Å². The van der Waals surface area contributed by atoms with Crippen LogP contribution in [0.4, 0.5) is 0 Å². The van der Waals surface area contributed by atoms with E-state index < -0.39 is 0 Å². The second-order valence-electron chi connectivity index (χ2n) is 3.00. The lowest BCUT2D eigenvalue weighted by Gasteiger charge is -1.99. The molecule has 2 aromatic rings. The summed E-state index contributed by atoms with van der Waals surface area (Å²) in [7, 11) is 0. The van der Waals surface area contributed by atoms with Gasteiger partial charge in [-0.05, 0) is 17.7 Å². The Hall–Kier alpha value is -1.07. The van der Waals surface area contributed by atoms with E-state index in [1.165, 1.54) is 16.6 Å². The lowest BCUT2D eigenvalue weighted by Crippen LogP contribution is -2.14. The van der Waals surface area contributed by atoms with Gasteiger partial charge in [0.15, 0.2) is 5.16 Å². The smallest absolute Gasteiger partial charge is 0.255 e. The van der Waals surface area contributed by atoms with Gasteiger partial charge in [0.05, 0.1) is 0 Å². The Morgan fingerprint density at radius 1 is 1.60 bits per heavy atom. The third kappa shape index (κ3) is 2.49. The van der Waals surface area contributed by atoms with E-state index in [0.29, 0.717) is 11.6 Å². The van der Waals surface area contributed by atoms with Crippen LogP contribution in [-0.4, -0.2) is 16.2 Å². The number of thioether (sulfide) groups is 1. The molecule has 0 aliphatic carbocycles. The van der Waals surface area contributed by atoms with Gasteiger partial charge in [-0.1, -0.05) is 17.8 Å². The largest absolute Gasteiger partial charge is 0.301 e. The van der Waals surface area contributed by atoms with Gasteiger partial charge in [0.25, 0.3) is 5.56 Å². The fourth-order valence-electron chi connectivity index (χ4n) is 1.24. The lowest BCUT2D eigenvalue weighted by atomic mass is 10.2. The zero-order valence-electron chi connectivity index (χ0n) is 8.19. The average molecular weight is 238 g/mol. The van der Waals surface area contributed by atoms with Crippen LogP contribution in [0.5, 0.6) is 0 Å². The van der Waals surface area contributed by atoms with Crippen molar-refractivity contribution in [2.24, 2.45) is 0 Å². The molecule has 0 aliphatic heterocycles. The van der Waals surface area contributed by atoms with Crippen molar-refractivity contribution >= 4 is 23.1 Å². The van der Waals surface area contributed by atoms with Crippen LogP contribution in [0.2, 0.25) is 0 Å². The van der Waals surface area contributed by atoms with Crippen LogP contribution in [0.15, 0.2) is 33.7 Å². The van der Waals surface area contributed by atoms with E-state index in [4.69, 9.17) is 0 Å². The summed E-state index contributed by atoms with van der Waals surface area (Å²) in [6.45, 7) is 0. The molecular formula is C10H10N2OS2. The molecule has 1 N–H and O–H groups in total. The fourth-order valence-corrected chi connectivity index (χ4v) is 2.32. The number of hydrogen-bond donors (Lipinski definition) is 1. The fraction of sp³-hybridized carbons (Fsp3) is 0.200. The minimum Gasteiger partial charge on any atom is -0.301 e. The highest BCUT2D eigenvalue weighted by atomic mass is 32.2. The van der Waals surface area contributed by atoms with Gasteiger partial charge in [0.2, 0.25) is 0 Å². The van der Waals surface area contributed by atoms with Gasteiger partial charge in [-0.25, -0.2) is 4.98 Å². The number of nitrogens with one attached hydrogen (secondary N) is 1. The van der Waals surface area contributed by atoms with Gasteiger partial charge in [0.1, 0.15) is 0 Å². The maximum absolute atomic E-state index is 11.6. The minimum atomic E-state index is -0.0391. The quantitative estimate of drug-likeness (QED) is 0.658. The first-order valence-electron chi connectivity index (χ1n) is 4.44. The van der Waals surface area contributed by atoms with Gasteiger partial charge in [-0.3, -0.25) is 4.79 Å². The first-order valence-corrected chi connectivity index (χ1v) is 6.54. The van der Waals surface area contributed by atoms with E-state index in [9.17, 15) is 4.79 Å². The number of hydrogen-bond acceptors (Lipinski definition) is 4. The summed E-state index contributed by atoms with van der Waals surface area (Å²) in [5.74, 6) is 0. The summed E-state index contributed by atoms with van der Waals surface area (Å²) in [6, 6.07) is 4.00. The van der Waals surface area contributed by atoms with E-state index in [1.807, 2.05) is 23.8 Å². The van der Waals surface area contributed by atoms with Crippen molar-refractivity contribution < 1.29 is 0 Å². The Bertz CT molecular complexity index is 490. The predicted octanol–water partition coefficient (Wildman–Crippen LogP) is 2.14. The molecule has 0 aromatic carbocycles. The topological polar surface area (TPSA) is 45.8 Å². The van der Waals surface area contributed by atoms with Crippen molar-refractivity contribution in [1.82, 2.24) is 9.97 Å². The average Bonchev–Trinajstić information content (AvgIpc) is 2.74. The van der Waals surface area contributed by atoms with Crippen LogP contribution in [0.25, 0.3) is 0 Å². The molecule has 0 saturated heterocycles. The highest BCUT2D eigenvalue weighted by molar-refractivity contribution is 7.98. The summed E-state index contributed by atoms with van der Waals surface area (Å²) >= 11 is 3.09. The highest BCUT2D eigenvalue weighted by Gasteiger charge is 2.03. The Morgan fingerprint density at radius 3 is 3.07 bits per heavy atom. The molecule has 0 radical (unpaired) electrons. The maximum Gasteiger partial charge on any atom is 0.255 e. The van der Waals surface area contributed by atoms with E-state index in [1.54, 1.807) is 17.5 Å². The molecule has 2 heterocycles. The minimum absolute atomic E-state index is 0.0391. The first-order chi connectivity index (χ1) is 7.29. The molecule has 2 rings (SSSR count). The van der Waals surface area contributed by atoms with Crippen molar-refractivity contribution in [3.05, 3.63) is 44.5 Å². The van der Waals surface area contributed by atoms with Gasteiger partial charge in [-0.15, -0.1) is 11.3 Å². The van der Waals surface area contributed by atoms with Crippen molar-refractivity contribution in [3.8, 4) is 0 Å². The number of aromatic amines is 1. The van der Waals surface area contributed by atoms with E-state index in [-0.39, 0.29) is 5.56 Å². The standard InChI is InChI=1S/C10H10N2OS2/c1-14-10-11-6-7(9(13)12-10)5-8-3-2-4-15-8/h2-4,6H,5H2,1H3,(H,11,12,13). The lowest BCUT2D eigenvalue weighted by molar-refractivity contribution is 0.905. The molecule has 0 amide bonds. The van der Waals surface area contributed by atoms with E-state index in [0.717, 1.165) is 5.56 Å². The molecule has 2 aromatic heterocycles. The van der Waals surface area contributed by atoms with Crippen LogP contribution in [0, 0.1) is 0 Å². The van der Waals surface area contributed by atoms with Gasteiger partial charge in [-0.2, -0.15) is 0 Å². The number of rotatable bonds is 3. The molecule has 0 spiro atoms. The number of nitrogens with zero attached hydrogens (tertiary/aromatic N) is 1. The van der Waals surface area contributed by atoms with Gasteiger partial charge >= 0.3 is 0 Å². The SMILES string of the molecule is CSc1ncc(Cc2cccs2)c(=O)[nH]1. The third-order valence-corrected chi connectivity index (χ3v) is 3.46. The zero-order chi connectivity index (χ0) is 10.7. The van der Waals surface area contributed by atoms with Crippen LogP contribution in [-0.2, 0) is 6.42 Å². The maximum atomic E-state index is 11.6. The van der Waals surface area contributed by atoms with Crippen molar-refractivity contribution in [2.45, 2.75) is 11.6 Å². The van der Waals surface area contributed by atoms with Crippen LogP contribution < -0.4 is 5.56 Å². The summed E-state index contributed by atoms with van der Waals surface area (Å²) in [4.78, 5) is 19.7. The second-order valence-corrected chi connectivity index (χ2v) is 4.83. The number of H-pyrrole nitrogens is 1. The summed E-state index contributed by atoms with van der Waals surface area (Å²) in [5.41, 5.74) is 0.679. The van der Waals surface area contributed by atoms with Crippen LogP contribution >= 0.6 is 23.1 Å². The molecular weight excluding hydrogens is 228 g/mol. The van der Waals surface area contributed by atoms with Crippen molar-refractivity contribution in [3.63, 3.8) is 0 Å². The predicted molar refractivity (Wildman–Crippen MR) is 63.8 cm³/mol. The summed E-state index contributed by atoms with van der Waals surface area (Å²) < 4.78 is 0. The molecule has 0 fully saturated rings. The molecule has 15 heavy (non-hydrogen) atoms. The van der Waals surface area contributed by atoms with Crippen LogP contribution in [0.1, 0.15) is 10.4 Å². The van der Waals surface area contributed by atoms with E-state index >= 15 is 0 Å². The number of thiophene rings is 1. The van der Waals surface area contributed by atoms with Gasteiger partial charge < -0.3 is 4.98 Å². The highest BCUT2D eigenvalue weighted by Crippen LogP contribution is 2.12. The summed E-state index contributed by atoms with van der Waals surface area (Å²) in [5, 5.41) is 2.67.